The van der Waals surface area contributed by atoms with E-state index in [1.807, 2.05) is 0 Å². The predicted molar refractivity (Wildman–Crippen MR) is 70.6 cm³/mol. The summed E-state index contributed by atoms with van der Waals surface area (Å²) in [5.41, 5.74) is 6.71. The van der Waals surface area contributed by atoms with Crippen molar-refractivity contribution in [3.05, 3.63) is 29.6 Å². The smallest absolute Gasteiger partial charge is 0.338 e. The molecule has 1 aromatic rings. The zero-order valence-electron chi connectivity index (χ0n) is 11.2. The van der Waals surface area contributed by atoms with Crippen molar-refractivity contribution < 1.29 is 14.3 Å². The van der Waals surface area contributed by atoms with Crippen LogP contribution in [0.2, 0.25) is 0 Å². The molecule has 19 heavy (non-hydrogen) atoms. The van der Waals surface area contributed by atoms with Gasteiger partial charge in [0.05, 0.1) is 17.4 Å². The number of aromatic nitrogens is 1. The summed E-state index contributed by atoms with van der Waals surface area (Å²) in [7, 11) is 1.70. The van der Waals surface area contributed by atoms with Gasteiger partial charge in [-0.3, -0.25) is 4.98 Å². The van der Waals surface area contributed by atoms with Crippen molar-refractivity contribution in [3.63, 3.8) is 0 Å². The van der Waals surface area contributed by atoms with Gasteiger partial charge in [-0.15, -0.1) is 0 Å². The third kappa shape index (κ3) is 3.75. The van der Waals surface area contributed by atoms with Crippen LogP contribution < -0.4 is 5.73 Å². The number of hydrogen-bond donors (Lipinski definition) is 1. The molecule has 0 spiro atoms. The maximum absolute atomic E-state index is 12.0. The number of methoxy groups -OCH3 is 1. The summed E-state index contributed by atoms with van der Waals surface area (Å²) >= 11 is 0. The number of ether oxygens (including phenoxy) is 2. The van der Waals surface area contributed by atoms with Crippen molar-refractivity contribution in [3.8, 4) is 0 Å². The maximum Gasteiger partial charge on any atom is 0.338 e. The monoisotopic (exact) mass is 264 g/mol. The fourth-order valence-electron chi connectivity index (χ4n) is 2.36. The summed E-state index contributed by atoms with van der Waals surface area (Å²) in [6.07, 6.45) is 5.47. The van der Waals surface area contributed by atoms with Gasteiger partial charge in [-0.25, -0.2) is 4.79 Å². The highest BCUT2D eigenvalue weighted by Gasteiger charge is 2.25. The standard InChI is InChI=1S/C14H20N2O3/c1-18-12-3-2-4-13(8-12)19-14(17)10-5-6-16-11(7-10)9-15/h5-7,12-13H,2-4,8-9,15H2,1H3. The Morgan fingerprint density at radius 1 is 1.47 bits per heavy atom. The summed E-state index contributed by atoms with van der Waals surface area (Å²) in [6.45, 7) is 0.316. The Hall–Kier alpha value is -1.46. The number of carbonyl (C=O) groups is 1. The first-order chi connectivity index (χ1) is 9.22. The van der Waals surface area contributed by atoms with E-state index in [1.165, 1.54) is 0 Å². The van der Waals surface area contributed by atoms with Crippen LogP contribution in [-0.4, -0.2) is 30.3 Å². The second-order valence-electron chi connectivity index (χ2n) is 4.79. The molecule has 2 rings (SSSR count). The first kappa shape index (κ1) is 14.0. The lowest BCUT2D eigenvalue weighted by atomic mass is 9.95. The van der Waals surface area contributed by atoms with E-state index in [2.05, 4.69) is 4.98 Å². The van der Waals surface area contributed by atoms with Crippen LogP contribution in [0.4, 0.5) is 0 Å². The molecule has 1 saturated carbocycles. The Kier molecular flexibility index (Phi) is 4.87. The predicted octanol–water partition coefficient (Wildman–Crippen LogP) is 1.65. The molecule has 0 aromatic carbocycles. The fourth-order valence-corrected chi connectivity index (χ4v) is 2.36. The molecule has 2 atom stereocenters. The molecular weight excluding hydrogens is 244 g/mol. The van der Waals surface area contributed by atoms with E-state index in [-0.39, 0.29) is 18.2 Å². The highest BCUT2D eigenvalue weighted by molar-refractivity contribution is 5.89. The topological polar surface area (TPSA) is 74.4 Å². The van der Waals surface area contributed by atoms with Crippen LogP contribution in [0, 0.1) is 0 Å². The molecule has 1 fully saturated rings. The SMILES string of the molecule is COC1CCCC(OC(=O)c2ccnc(CN)c2)C1. The Morgan fingerprint density at radius 2 is 2.26 bits per heavy atom. The van der Waals surface area contributed by atoms with Crippen molar-refractivity contribution in [2.45, 2.75) is 44.4 Å². The molecular formula is C14H20N2O3. The fraction of sp³-hybridized carbons (Fsp3) is 0.571. The van der Waals surface area contributed by atoms with Crippen LogP contribution in [0.25, 0.3) is 0 Å². The third-order valence-electron chi connectivity index (χ3n) is 3.45. The van der Waals surface area contributed by atoms with Gasteiger partial charge in [0.2, 0.25) is 0 Å². The minimum Gasteiger partial charge on any atom is -0.459 e. The molecule has 0 amide bonds. The first-order valence-corrected chi connectivity index (χ1v) is 6.61. The van der Waals surface area contributed by atoms with Crippen LogP contribution in [-0.2, 0) is 16.0 Å². The number of nitrogens with zero attached hydrogens (tertiary/aromatic N) is 1. The molecule has 5 nitrogen and oxygen atoms in total. The van der Waals surface area contributed by atoms with Gasteiger partial charge in [0.25, 0.3) is 0 Å². The molecule has 1 aromatic heterocycles. The van der Waals surface area contributed by atoms with E-state index in [9.17, 15) is 4.79 Å². The van der Waals surface area contributed by atoms with Crippen molar-refractivity contribution >= 4 is 5.97 Å². The number of pyridine rings is 1. The third-order valence-corrected chi connectivity index (χ3v) is 3.45. The van der Waals surface area contributed by atoms with Crippen molar-refractivity contribution in [2.24, 2.45) is 5.73 Å². The Bertz CT molecular complexity index is 436. The van der Waals surface area contributed by atoms with Crippen LogP contribution >= 0.6 is 0 Å². The summed E-state index contributed by atoms with van der Waals surface area (Å²) in [5.74, 6) is -0.307. The van der Waals surface area contributed by atoms with Gasteiger partial charge >= 0.3 is 5.97 Å². The zero-order chi connectivity index (χ0) is 13.7. The Labute approximate surface area is 113 Å². The summed E-state index contributed by atoms with van der Waals surface area (Å²) < 4.78 is 10.8. The van der Waals surface area contributed by atoms with E-state index >= 15 is 0 Å². The number of hydrogen-bond acceptors (Lipinski definition) is 5. The van der Waals surface area contributed by atoms with Crippen LogP contribution in [0.3, 0.4) is 0 Å². The zero-order valence-corrected chi connectivity index (χ0v) is 11.2. The van der Waals surface area contributed by atoms with Gasteiger partial charge in [0.15, 0.2) is 0 Å². The first-order valence-electron chi connectivity index (χ1n) is 6.61. The molecule has 1 heterocycles. The van der Waals surface area contributed by atoms with Gasteiger partial charge in [-0.2, -0.15) is 0 Å². The number of rotatable bonds is 4. The molecule has 0 aliphatic heterocycles. The minimum absolute atomic E-state index is 0.0549. The van der Waals surface area contributed by atoms with Crippen LogP contribution in [0.1, 0.15) is 41.7 Å². The maximum atomic E-state index is 12.0. The van der Waals surface area contributed by atoms with E-state index < -0.39 is 0 Å². The average Bonchev–Trinajstić information content (AvgIpc) is 2.47. The highest BCUT2D eigenvalue weighted by atomic mass is 16.5. The summed E-state index contributed by atoms with van der Waals surface area (Å²) in [6, 6.07) is 3.33. The van der Waals surface area contributed by atoms with Crippen molar-refractivity contribution in [1.29, 1.82) is 0 Å². The van der Waals surface area contributed by atoms with Gasteiger partial charge in [0, 0.05) is 26.3 Å². The number of carbonyl (C=O) groups excluding carboxylic acids is 1. The van der Waals surface area contributed by atoms with Gasteiger partial charge in [-0.1, -0.05) is 0 Å². The molecule has 104 valence electrons. The molecule has 0 saturated heterocycles. The van der Waals surface area contributed by atoms with E-state index in [4.69, 9.17) is 15.2 Å². The Morgan fingerprint density at radius 3 is 3.00 bits per heavy atom. The lowest BCUT2D eigenvalue weighted by Gasteiger charge is -2.27. The number of nitrogens with two attached hydrogens (primary N) is 1. The minimum atomic E-state index is -0.307. The van der Waals surface area contributed by atoms with Gasteiger partial charge in [-0.05, 0) is 31.4 Å². The van der Waals surface area contributed by atoms with Crippen LogP contribution in [0.5, 0.6) is 0 Å². The van der Waals surface area contributed by atoms with E-state index in [1.54, 1.807) is 25.4 Å². The largest absolute Gasteiger partial charge is 0.459 e. The molecule has 1 aliphatic rings. The number of esters is 1. The summed E-state index contributed by atoms with van der Waals surface area (Å²) in [4.78, 5) is 16.1. The Balaban J connectivity index is 1.96. The average molecular weight is 264 g/mol. The van der Waals surface area contributed by atoms with Gasteiger partial charge < -0.3 is 15.2 Å². The van der Waals surface area contributed by atoms with Crippen molar-refractivity contribution in [2.75, 3.05) is 7.11 Å². The highest BCUT2D eigenvalue weighted by Crippen LogP contribution is 2.23. The van der Waals surface area contributed by atoms with E-state index in [0.717, 1.165) is 25.7 Å². The normalized spacial score (nSPS) is 23.1. The second-order valence-corrected chi connectivity index (χ2v) is 4.79. The molecule has 5 heteroatoms. The summed E-state index contributed by atoms with van der Waals surface area (Å²) in [5, 5.41) is 0. The molecule has 2 N–H and O–H groups in total. The quantitative estimate of drug-likeness (QED) is 0.837. The van der Waals surface area contributed by atoms with Crippen molar-refractivity contribution in [1.82, 2.24) is 4.98 Å². The molecule has 2 unspecified atom stereocenters. The van der Waals surface area contributed by atoms with Crippen LogP contribution in [0.15, 0.2) is 18.3 Å². The molecule has 0 radical (unpaired) electrons. The molecule has 0 bridgehead atoms. The van der Waals surface area contributed by atoms with Gasteiger partial charge in [0.1, 0.15) is 6.10 Å². The molecule has 1 aliphatic carbocycles. The lowest BCUT2D eigenvalue weighted by molar-refractivity contribution is -0.0149. The second kappa shape index (κ2) is 6.63. The lowest BCUT2D eigenvalue weighted by Crippen LogP contribution is -2.29. The van der Waals surface area contributed by atoms with E-state index in [0.29, 0.717) is 17.8 Å².